The Balaban J connectivity index is 1.73. The van der Waals surface area contributed by atoms with Crippen LogP contribution in [0.25, 0.3) is 0 Å². The largest absolute Gasteiger partial charge is 0.494 e. The molecular weight excluding hydrogens is 431 g/mol. The summed E-state index contributed by atoms with van der Waals surface area (Å²) in [5.41, 5.74) is 3.84. The Bertz CT molecular complexity index is 1070. The minimum absolute atomic E-state index is 0.176. The lowest BCUT2D eigenvalue weighted by Gasteiger charge is -2.12. The molecule has 1 heterocycles. The number of carbonyl (C=O) groups is 1. The lowest BCUT2D eigenvalue weighted by molar-refractivity contribution is 0.0694. The van der Waals surface area contributed by atoms with Gasteiger partial charge in [-0.1, -0.05) is 29.8 Å². The molecule has 0 aliphatic carbocycles. The monoisotopic (exact) mass is 458 g/mol. The maximum absolute atomic E-state index is 14.3. The second kappa shape index (κ2) is 10.7. The normalized spacial score (nSPS) is 11.0. The molecule has 0 atom stereocenters. The van der Waals surface area contributed by atoms with E-state index in [9.17, 15) is 14.3 Å². The number of nitrogens with zero attached hydrogens (tertiary/aromatic N) is 1. The molecule has 0 unspecified atom stereocenters. The Morgan fingerprint density at radius 2 is 1.84 bits per heavy atom. The number of ether oxygens (including phenoxy) is 1. The van der Waals surface area contributed by atoms with Gasteiger partial charge in [0.05, 0.1) is 18.7 Å². The quantitative estimate of drug-likeness (QED) is 0.401. The van der Waals surface area contributed by atoms with Gasteiger partial charge in [0.15, 0.2) is 0 Å². The minimum atomic E-state index is -0.993. The first-order chi connectivity index (χ1) is 15.3. The Morgan fingerprint density at radius 3 is 2.47 bits per heavy atom. The van der Waals surface area contributed by atoms with Crippen LogP contribution in [-0.4, -0.2) is 28.8 Å². The van der Waals surface area contributed by atoms with E-state index in [1.54, 1.807) is 19.1 Å². The Morgan fingerprint density at radius 1 is 1.12 bits per heavy atom. The van der Waals surface area contributed by atoms with Crippen molar-refractivity contribution in [2.24, 2.45) is 0 Å². The number of aromatic carboxylic acids is 1. The van der Waals surface area contributed by atoms with Crippen molar-refractivity contribution >= 4 is 17.6 Å². The molecule has 0 saturated heterocycles. The fourth-order valence-corrected chi connectivity index (χ4v) is 4.12. The standard InChI is InChI=1S/C25H28ClFN2O3/c1-4-32-19-10-8-18(9-11-19)12-13-28-14-20-16(2)29(17(3)24(20)25(30)31)15-21-22(26)6-5-7-23(21)27/h5-11,28H,4,12-15H2,1-3H3,(H,30,31). The molecule has 0 spiro atoms. The second-order valence-electron chi connectivity index (χ2n) is 7.62. The lowest BCUT2D eigenvalue weighted by atomic mass is 10.1. The van der Waals surface area contributed by atoms with Crippen molar-refractivity contribution in [1.29, 1.82) is 0 Å². The molecule has 3 rings (SSSR count). The van der Waals surface area contributed by atoms with Crippen molar-refractivity contribution in [1.82, 2.24) is 9.88 Å². The van der Waals surface area contributed by atoms with Gasteiger partial charge in [0, 0.05) is 34.1 Å². The molecule has 0 bridgehead atoms. The fraction of sp³-hybridized carbons (Fsp3) is 0.320. The molecule has 0 aliphatic heterocycles. The van der Waals surface area contributed by atoms with Crippen LogP contribution < -0.4 is 10.1 Å². The van der Waals surface area contributed by atoms with Crippen molar-refractivity contribution in [3.8, 4) is 5.75 Å². The Hall–Kier alpha value is -2.83. The summed E-state index contributed by atoms with van der Waals surface area (Å²) in [5, 5.41) is 13.5. The van der Waals surface area contributed by atoms with Crippen molar-refractivity contribution in [2.75, 3.05) is 13.2 Å². The number of benzene rings is 2. The van der Waals surface area contributed by atoms with E-state index in [0.717, 1.165) is 17.9 Å². The van der Waals surface area contributed by atoms with E-state index in [0.29, 0.717) is 41.5 Å². The molecule has 3 aromatic rings. The summed E-state index contributed by atoms with van der Waals surface area (Å²) in [6, 6.07) is 12.5. The first-order valence-corrected chi connectivity index (χ1v) is 11.0. The highest BCUT2D eigenvalue weighted by atomic mass is 35.5. The summed E-state index contributed by atoms with van der Waals surface area (Å²) in [5.74, 6) is -0.554. The van der Waals surface area contributed by atoms with Crippen LogP contribution in [0.5, 0.6) is 5.75 Å². The maximum atomic E-state index is 14.3. The number of aromatic nitrogens is 1. The molecule has 2 aromatic carbocycles. The lowest BCUT2D eigenvalue weighted by Crippen LogP contribution is -2.18. The van der Waals surface area contributed by atoms with Crippen LogP contribution in [0.1, 0.15) is 45.4 Å². The summed E-state index contributed by atoms with van der Waals surface area (Å²) >= 11 is 6.19. The molecule has 0 fully saturated rings. The van der Waals surface area contributed by atoms with Crippen LogP contribution in [0, 0.1) is 19.7 Å². The number of rotatable bonds is 10. The van der Waals surface area contributed by atoms with Crippen molar-refractivity contribution in [3.63, 3.8) is 0 Å². The predicted molar refractivity (Wildman–Crippen MR) is 124 cm³/mol. The molecule has 7 heteroatoms. The number of carboxylic acids is 1. The predicted octanol–water partition coefficient (Wildman–Crippen LogP) is 5.37. The molecule has 0 aliphatic rings. The SMILES string of the molecule is CCOc1ccc(CCNCc2c(C(=O)O)c(C)n(Cc3c(F)cccc3Cl)c2C)cc1. The van der Waals surface area contributed by atoms with Crippen LogP contribution in [0.15, 0.2) is 42.5 Å². The zero-order chi connectivity index (χ0) is 23.3. The third-order valence-corrected chi connectivity index (χ3v) is 5.98. The fourth-order valence-electron chi connectivity index (χ4n) is 3.89. The van der Waals surface area contributed by atoms with Gasteiger partial charge in [-0.2, -0.15) is 0 Å². The minimum Gasteiger partial charge on any atom is -0.494 e. The van der Waals surface area contributed by atoms with Gasteiger partial charge < -0.3 is 19.7 Å². The molecule has 1 aromatic heterocycles. The molecule has 5 nitrogen and oxygen atoms in total. The molecular formula is C25H28ClFN2O3. The van der Waals surface area contributed by atoms with E-state index in [-0.39, 0.29) is 12.1 Å². The van der Waals surface area contributed by atoms with E-state index in [2.05, 4.69) is 5.32 Å². The highest BCUT2D eigenvalue weighted by Gasteiger charge is 2.23. The van der Waals surface area contributed by atoms with Crippen molar-refractivity contribution < 1.29 is 19.0 Å². The van der Waals surface area contributed by atoms with E-state index < -0.39 is 11.8 Å². The molecule has 2 N–H and O–H groups in total. The maximum Gasteiger partial charge on any atom is 0.337 e. The van der Waals surface area contributed by atoms with Gasteiger partial charge in [0.1, 0.15) is 11.6 Å². The number of hydrogen-bond acceptors (Lipinski definition) is 3. The van der Waals surface area contributed by atoms with Crippen molar-refractivity contribution in [2.45, 2.75) is 40.3 Å². The molecule has 0 radical (unpaired) electrons. The highest BCUT2D eigenvalue weighted by molar-refractivity contribution is 6.31. The number of carboxylic acid groups (broad SMARTS) is 1. The van der Waals surface area contributed by atoms with Crippen LogP contribution in [-0.2, 0) is 19.5 Å². The number of nitrogens with one attached hydrogen (secondary N) is 1. The van der Waals surface area contributed by atoms with Gasteiger partial charge in [-0.3, -0.25) is 0 Å². The number of hydrogen-bond donors (Lipinski definition) is 2. The summed E-state index contributed by atoms with van der Waals surface area (Å²) in [7, 11) is 0. The molecule has 32 heavy (non-hydrogen) atoms. The van der Waals surface area contributed by atoms with E-state index in [1.807, 2.05) is 42.7 Å². The van der Waals surface area contributed by atoms with Gasteiger partial charge in [0.25, 0.3) is 0 Å². The smallest absolute Gasteiger partial charge is 0.337 e. The van der Waals surface area contributed by atoms with Crippen LogP contribution >= 0.6 is 11.6 Å². The summed E-state index contributed by atoms with van der Waals surface area (Å²) in [4.78, 5) is 12.0. The van der Waals surface area contributed by atoms with Gasteiger partial charge in [0.2, 0.25) is 0 Å². The first kappa shape index (κ1) is 23.8. The summed E-state index contributed by atoms with van der Waals surface area (Å²) < 4.78 is 21.6. The van der Waals surface area contributed by atoms with E-state index in [4.69, 9.17) is 16.3 Å². The average molecular weight is 459 g/mol. The third-order valence-electron chi connectivity index (χ3n) is 5.63. The van der Waals surface area contributed by atoms with E-state index >= 15 is 0 Å². The summed E-state index contributed by atoms with van der Waals surface area (Å²) in [6.45, 7) is 7.46. The van der Waals surface area contributed by atoms with Crippen LogP contribution in [0.2, 0.25) is 5.02 Å². The zero-order valence-electron chi connectivity index (χ0n) is 18.5. The average Bonchev–Trinajstić information content (AvgIpc) is 2.99. The van der Waals surface area contributed by atoms with Crippen LogP contribution in [0.3, 0.4) is 0 Å². The zero-order valence-corrected chi connectivity index (χ0v) is 19.3. The van der Waals surface area contributed by atoms with Gasteiger partial charge in [-0.05, 0) is 63.6 Å². The third kappa shape index (κ3) is 5.31. The highest BCUT2D eigenvalue weighted by Crippen LogP contribution is 2.27. The Labute approximate surface area is 192 Å². The topological polar surface area (TPSA) is 63.5 Å². The number of halogens is 2. The molecule has 0 saturated carbocycles. The summed E-state index contributed by atoms with van der Waals surface area (Å²) in [6.07, 6.45) is 0.804. The molecule has 0 amide bonds. The van der Waals surface area contributed by atoms with Gasteiger partial charge >= 0.3 is 5.97 Å². The first-order valence-electron chi connectivity index (χ1n) is 10.6. The van der Waals surface area contributed by atoms with Gasteiger partial charge in [-0.25, -0.2) is 9.18 Å². The van der Waals surface area contributed by atoms with E-state index in [1.165, 1.54) is 11.6 Å². The van der Waals surface area contributed by atoms with Crippen LogP contribution in [0.4, 0.5) is 4.39 Å². The Kier molecular flexibility index (Phi) is 7.94. The van der Waals surface area contributed by atoms with Crippen molar-refractivity contribution in [3.05, 3.63) is 86.9 Å². The molecule has 170 valence electrons. The van der Waals surface area contributed by atoms with Gasteiger partial charge in [-0.15, -0.1) is 0 Å². The second-order valence-corrected chi connectivity index (χ2v) is 8.03.